The van der Waals surface area contributed by atoms with Crippen molar-refractivity contribution in [1.82, 2.24) is 26.1 Å². The normalized spacial score (nSPS) is 12.0. The van der Waals surface area contributed by atoms with Crippen molar-refractivity contribution in [3.05, 3.63) is 11.7 Å². The fourth-order valence-corrected chi connectivity index (χ4v) is 1.71. The monoisotopic (exact) mass is 340 g/mol. The van der Waals surface area contributed by atoms with E-state index >= 15 is 0 Å². The fourth-order valence-electron chi connectivity index (χ4n) is 1.71. The molecule has 0 aromatic carbocycles. The van der Waals surface area contributed by atoms with Crippen LogP contribution in [-0.2, 0) is 11.2 Å². The van der Waals surface area contributed by atoms with Crippen LogP contribution < -0.4 is 16.0 Å². The van der Waals surface area contributed by atoms with Gasteiger partial charge in [-0.15, -0.1) is 0 Å². The van der Waals surface area contributed by atoms with Gasteiger partial charge >= 0.3 is 6.09 Å². The Morgan fingerprint density at radius 1 is 1.25 bits per heavy atom. The zero-order valence-corrected chi connectivity index (χ0v) is 15.1. The molecule has 0 spiro atoms. The number of aryl methyl sites for hydroxylation is 1. The largest absolute Gasteiger partial charge is 0.444 e. The first-order chi connectivity index (χ1) is 11.3. The predicted octanol–water partition coefficient (Wildman–Crippen LogP) is 1.00. The Labute approximate surface area is 142 Å². The number of aliphatic imine (C=N–C) groups is 1. The van der Waals surface area contributed by atoms with Gasteiger partial charge in [-0.2, -0.15) is 4.98 Å². The van der Waals surface area contributed by atoms with Gasteiger partial charge in [0.1, 0.15) is 5.60 Å². The SMILES string of the molecule is CCNC(=NCCc1nc(C)no1)NCCNC(=O)OC(C)(C)C. The fraction of sp³-hybridized carbons (Fsp3) is 0.733. The molecule has 0 saturated carbocycles. The Morgan fingerprint density at radius 2 is 1.96 bits per heavy atom. The Kier molecular flexibility index (Phi) is 8.00. The molecule has 1 heterocycles. The molecule has 9 heteroatoms. The van der Waals surface area contributed by atoms with E-state index in [2.05, 4.69) is 31.1 Å². The van der Waals surface area contributed by atoms with Crippen molar-refractivity contribution >= 4 is 12.1 Å². The molecule has 0 unspecified atom stereocenters. The summed E-state index contributed by atoms with van der Waals surface area (Å²) in [5, 5.41) is 12.7. The highest BCUT2D eigenvalue weighted by atomic mass is 16.6. The first kappa shape index (κ1) is 19.7. The molecule has 1 rings (SSSR count). The third-order valence-electron chi connectivity index (χ3n) is 2.60. The number of carbonyl (C=O) groups excluding carboxylic acids is 1. The minimum Gasteiger partial charge on any atom is -0.444 e. The average molecular weight is 340 g/mol. The number of nitrogens with one attached hydrogen (secondary N) is 3. The number of alkyl carbamates (subject to hydrolysis) is 1. The molecule has 0 radical (unpaired) electrons. The highest BCUT2D eigenvalue weighted by molar-refractivity contribution is 5.79. The van der Waals surface area contributed by atoms with Crippen molar-refractivity contribution in [1.29, 1.82) is 0 Å². The zero-order chi connectivity index (χ0) is 18.0. The highest BCUT2D eigenvalue weighted by Crippen LogP contribution is 2.05. The summed E-state index contributed by atoms with van der Waals surface area (Å²) in [5.74, 6) is 1.85. The lowest BCUT2D eigenvalue weighted by Crippen LogP contribution is -2.42. The summed E-state index contributed by atoms with van der Waals surface area (Å²) in [5.41, 5.74) is -0.499. The minimum atomic E-state index is -0.499. The van der Waals surface area contributed by atoms with Gasteiger partial charge in [0, 0.05) is 26.1 Å². The second-order valence-corrected chi connectivity index (χ2v) is 6.10. The molecule has 0 aliphatic carbocycles. The third-order valence-corrected chi connectivity index (χ3v) is 2.60. The molecular weight excluding hydrogens is 312 g/mol. The van der Waals surface area contributed by atoms with Gasteiger partial charge in [-0.1, -0.05) is 5.16 Å². The summed E-state index contributed by atoms with van der Waals surface area (Å²) < 4.78 is 10.2. The topological polar surface area (TPSA) is 114 Å². The van der Waals surface area contributed by atoms with E-state index in [4.69, 9.17) is 9.26 Å². The lowest BCUT2D eigenvalue weighted by Gasteiger charge is -2.19. The lowest BCUT2D eigenvalue weighted by atomic mass is 10.2. The number of nitrogens with zero attached hydrogens (tertiary/aromatic N) is 3. The quantitative estimate of drug-likeness (QED) is 0.385. The van der Waals surface area contributed by atoms with E-state index in [1.54, 1.807) is 6.92 Å². The van der Waals surface area contributed by atoms with Gasteiger partial charge in [-0.05, 0) is 34.6 Å². The maximum absolute atomic E-state index is 11.5. The zero-order valence-electron chi connectivity index (χ0n) is 15.1. The molecule has 0 atom stereocenters. The summed E-state index contributed by atoms with van der Waals surface area (Å²) >= 11 is 0. The summed E-state index contributed by atoms with van der Waals surface area (Å²) in [6.07, 6.45) is 0.145. The van der Waals surface area contributed by atoms with Crippen LogP contribution in [0.4, 0.5) is 4.79 Å². The molecule has 0 bridgehead atoms. The minimum absolute atomic E-state index is 0.432. The third kappa shape index (κ3) is 8.96. The van der Waals surface area contributed by atoms with Gasteiger partial charge in [0.15, 0.2) is 11.8 Å². The summed E-state index contributed by atoms with van der Waals surface area (Å²) in [6.45, 7) is 11.5. The van der Waals surface area contributed by atoms with Crippen LogP contribution in [0, 0.1) is 6.92 Å². The van der Waals surface area contributed by atoms with Gasteiger partial charge in [0.25, 0.3) is 0 Å². The Morgan fingerprint density at radius 3 is 2.54 bits per heavy atom. The van der Waals surface area contributed by atoms with Crippen molar-refractivity contribution in [3.63, 3.8) is 0 Å². The van der Waals surface area contributed by atoms with E-state index in [0.29, 0.717) is 43.7 Å². The first-order valence-corrected chi connectivity index (χ1v) is 8.08. The second-order valence-electron chi connectivity index (χ2n) is 6.10. The average Bonchev–Trinajstić information content (AvgIpc) is 2.87. The van der Waals surface area contributed by atoms with E-state index in [1.165, 1.54) is 0 Å². The Balaban J connectivity index is 2.29. The number of amides is 1. The van der Waals surface area contributed by atoms with Gasteiger partial charge < -0.3 is 25.2 Å². The molecule has 0 saturated heterocycles. The molecule has 0 aliphatic rings. The van der Waals surface area contributed by atoms with Gasteiger partial charge in [0.05, 0.1) is 6.54 Å². The smallest absolute Gasteiger partial charge is 0.407 e. The first-order valence-electron chi connectivity index (χ1n) is 8.08. The number of rotatable bonds is 7. The molecule has 9 nitrogen and oxygen atoms in total. The van der Waals surface area contributed by atoms with E-state index in [9.17, 15) is 4.79 Å². The van der Waals surface area contributed by atoms with E-state index in [1.807, 2.05) is 27.7 Å². The molecule has 136 valence electrons. The van der Waals surface area contributed by atoms with Crippen molar-refractivity contribution in [2.45, 2.75) is 46.6 Å². The maximum Gasteiger partial charge on any atom is 0.407 e. The summed E-state index contributed by atoms with van der Waals surface area (Å²) in [6, 6.07) is 0. The van der Waals surface area contributed by atoms with Crippen LogP contribution in [0.5, 0.6) is 0 Å². The van der Waals surface area contributed by atoms with Crippen LogP contribution in [0.25, 0.3) is 0 Å². The van der Waals surface area contributed by atoms with Crippen molar-refractivity contribution < 1.29 is 14.1 Å². The predicted molar refractivity (Wildman–Crippen MR) is 91.0 cm³/mol. The molecule has 1 amide bonds. The van der Waals surface area contributed by atoms with E-state index in [-0.39, 0.29) is 0 Å². The molecule has 0 fully saturated rings. The number of guanidine groups is 1. The van der Waals surface area contributed by atoms with E-state index in [0.717, 1.165) is 6.54 Å². The lowest BCUT2D eigenvalue weighted by molar-refractivity contribution is 0.0529. The van der Waals surface area contributed by atoms with Crippen LogP contribution in [0.15, 0.2) is 9.52 Å². The van der Waals surface area contributed by atoms with Crippen LogP contribution in [0.2, 0.25) is 0 Å². The number of hydrogen-bond acceptors (Lipinski definition) is 6. The molecule has 3 N–H and O–H groups in total. The Hall–Kier alpha value is -2.32. The Bertz CT molecular complexity index is 536. The number of aromatic nitrogens is 2. The van der Waals surface area contributed by atoms with Crippen LogP contribution in [0.3, 0.4) is 0 Å². The molecule has 24 heavy (non-hydrogen) atoms. The van der Waals surface area contributed by atoms with E-state index < -0.39 is 11.7 Å². The highest BCUT2D eigenvalue weighted by Gasteiger charge is 2.15. The second kappa shape index (κ2) is 9.74. The summed E-state index contributed by atoms with van der Waals surface area (Å²) in [4.78, 5) is 20.1. The van der Waals surface area contributed by atoms with Gasteiger partial charge in [-0.25, -0.2) is 4.79 Å². The van der Waals surface area contributed by atoms with Crippen LogP contribution in [0.1, 0.15) is 39.4 Å². The van der Waals surface area contributed by atoms with Crippen molar-refractivity contribution in [2.24, 2.45) is 4.99 Å². The summed E-state index contributed by atoms with van der Waals surface area (Å²) in [7, 11) is 0. The van der Waals surface area contributed by atoms with Gasteiger partial charge in [-0.3, -0.25) is 4.99 Å². The van der Waals surface area contributed by atoms with Gasteiger partial charge in [0.2, 0.25) is 5.89 Å². The van der Waals surface area contributed by atoms with Crippen molar-refractivity contribution in [2.75, 3.05) is 26.2 Å². The molecular formula is C15H28N6O3. The van der Waals surface area contributed by atoms with Crippen LogP contribution >= 0.6 is 0 Å². The number of hydrogen-bond donors (Lipinski definition) is 3. The molecule has 1 aromatic rings. The van der Waals surface area contributed by atoms with Crippen molar-refractivity contribution in [3.8, 4) is 0 Å². The van der Waals surface area contributed by atoms with Crippen LogP contribution in [-0.4, -0.2) is 54.0 Å². The number of carbonyl (C=O) groups is 1. The molecule has 0 aliphatic heterocycles. The molecule has 1 aromatic heterocycles. The maximum atomic E-state index is 11.5. The standard InChI is InChI=1S/C15H28N6O3/c1-6-16-13(17-8-7-12-20-11(2)21-24-12)18-9-10-19-14(22)23-15(3,4)5/h6-10H2,1-5H3,(H,19,22)(H2,16,17,18). The number of ether oxygens (including phenoxy) is 1.